The van der Waals surface area contributed by atoms with E-state index in [9.17, 15) is 9.59 Å². The van der Waals surface area contributed by atoms with Gasteiger partial charge in [0.05, 0.1) is 5.92 Å². The zero-order valence-electron chi connectivity index (χ0n) is 13.9. The van der Waals surface area contributed by atoms with Gasteiger partial charge in [0.15, 0.2) is 0 Å². The van der Waals surface area contributed by atoms with Crippen molar-refractivity contribution in [1.29, 1.82) is 0 Å². The Kier molecular flexibility index (Phi) is 12.8. The SMILES string of the molecule is C.CC(C)(C)OC(=O)C1CC1.CCOCC.O=C(Cl)C1CC1. The van der Waals surface area contributed by atoms with E-state index in [0.29, 0.717) is 0 Å². The molecule has 0 aromatic carbocycles. The van der Waals surface area contributed by atoms with Crippen LogP contribution in [-0.4, -0.2) is 30.0 Å². The second-order valence-electron chi connectivity index (χ2n) is 6.17. The molecule has 0 aromatic rings. The highest BCUT2D eigenvalue weighted by Crippen LogP contribution is 2.31. The third-order valence-electron chi connectivity index (χ3n) is 2.62. The fourth-order valence-corrected chi connectivity index (χ4v) is 1.44. The smallest absolute Gasteiger partial charge is 0.309 e. The first-order valence-corrected chi connectivity index (χ1v) is 8.09. The van der Waals surface area contributed by atoms with E-state index in [-0.39, 0.29) is 36.1 Å². The quantitative estimate of drug-likeness (QED) is 0.557. The number of ether oxygens (including phenoxy) is 2. The van der Waals surface area contributed by atoms with Gasteiger partial charge in [-0.25, -0.2) is 0 Å². The molecular weight excluding hydrogens is 304 g/mol. The molecule has 0 aromatic heterocycles. The monoisotopic (exact) mass is 336 g/mol. The average Bonchev–Trinajstić information content (AvgIpc) is 3.20. The maximum Gasteiger partial charge on any atom is 0.309 e. The second kappa shape index (κ2) is 11.9. The summed E-state index contributed by atoms with van der Waals surface area (Å²) >= 11 is 5.04. The molecule has 2 fully saturated rings. The van der Waals surface area contributed by atoms with Crippen molar-refractivity contribution in [3.8, 4) is 0 Å². The Morgan fingerprint density at radius 3 is 1.55 bits per heavy atom. The second-order valence-corrected chi connectivity index (χ2v) is 6.54. The summed E-state index contributed by atoms with van der Waals surface area (Å²) in [5, 5.41) is -0.157. The molecular formula is C17H33ClO4. The minimum atomic E-state index is -0.306. The normalized spacial score (nSPS) is 16.1. The van der Waals surface area contributed by atoms with Crippen molar-refractivity contribution in [2.75, 3.05) is 13.2 Å². The lowest BCUT2D eigenvalue weighted by atomic mass is 10.2. The highest BCUT2D eigenvalue weighted by atomic mass is 35.5. The van der Waals surface area contributed by atoms with Crippen LogP contribution in [0.15, 0.2) is 0 Å². The molecule has 0 saturated heterocycles. The Labute approximate surface area is 140 Å². The Morgan fingerprint density at radius 1 is 1.00 bits per heavy atom. The summed E-state index contributed by atoms with van der Waals surface area (Å²) in [7, 11) is 0. The first kappa shape index (κ1) is 23.7. The molecule has 0 amide bonds. The lowest BCUT2D eigenvalue weighted by molar-refractivity contribution is -0.156. The van der Waals surface area contributed by atoms with Gasteiger partial charge in [-0.3, -0.25) is 9.59 Å². The zero-order valence-corrected chi connectivity index (χ0v) is 14.7. The first-order chi connectivity index (χ1) is 9.71. The lowest BCUT2D eigenvalue weighted by Gasteiger charge is -2.19. The van der Waals surface area contributed by atoms with Gasteiger partial charge in [-0.2, -0.15) is 0 Å². The zero-order chi connectivity index (χ0) is 16.5. The number of carbonyl (C=O) groups excluding carboxylic acids is 2. The van der Waals surface area contributed by atoms with Crippen LogP contribution >= 0.6 is 11.6 Å². The van der Waals surface area contributed by atoms with Gasteiger partial charge in [-0.1, -0.05) is 7.43 Å². The van der Waals surface area contributed by atoms with Gasteiger partial charge in [0.25, 0.3) is 0 Å². The largest absolute Gasteiger partial charge is 0.460 e. The predicted molar refractivity (Wildman–Crippen MR) is 91.1 cm³/mol. The van der Waals surface area contributed by atoms with Crippen LogP contribution in [0.3, 0.4) is 0 Å². The fraction of sp³-hybridized carbons (Fsp3) is 0.882. The third-order valence-corrected chi connectivity index (χ3v) is 2.93. The maximum absolute atomic E-state index is 11.0. The molecule has 2 aliphatic carbocycles. The van der Waals surface area contributed by atoms with Crippen LogP contribution < -0.4 is 0 Å². The summed E-state index contributed by atoms with van der Waals surface area (Å²) in [4.78, 5) is 21.0. The molecule has 5 heteroatoms. The molecule has 132 valence electrons. The van der Waals surface area contributed by atoms with Gasteiger partial charge in [-0.05, 0) is 71.9 Å². The van der Waals surface area contributed by atoms with Crippen LogP contribution in [0.2, 0.25) is 0 Å². The first-order valence-electron chi connectivity index (χ1n) is 7.71. The molecule has 0 heterocycles. The molecule has 2 saturated carbocycles. The Balaban J connectivity index is 0. The van der Waals surface area contributed by atoms with Gasteiger partial charge in [0.1, 0.15) is 5.60 Å². The van der Waals surface area contributed by atoms with E-state index in [1.165, 1.54) is 0 Å². The van der Waals surface area contributed by atoms with Crippen LogP contribution in [0, 0.1) is 11.8 Å². The Bertz CT molecular complexity index is 313. The van der Waals surface area contributed by atoms with Gasteiger partial charge >= 0.3 is 5.97 Å². The average molecular weight is 337 g/mol. The van der Waals surface area contributed by atoms with E-state index < -0.39 is 0 Å². The summed E-state index contributed by atoms with van der Waals surface area (Å²) in [5.74, 6) is 0.429. The molecule has 0 spiro atoms. The van der Waals surface area contributed by atoms with Gasteiger partial charge in [0.2, 0.25) is 5.24 Å². The molecule has 0 N–H and O–H groups in total. The van der Waals surface area contributed by atoms with Gasteiger partial charge < -0.3 is 9.47 Å². The summed E-state index contributed by atoms with van der Waals surface area (Å²) < 4.78 is 9.96. The summed E-state index contributed by atoms with van der Waals surface area (Å²) in [6.07, 6.45) is 4.08. The number of carbonyl (C=O) groups is 2. The molecule has 2 rings (SSSR count). The Hall–Kier alpha value is -0.610. The van der Waals surface area contributed by atoms with Crippen molar-refractivity contribution in [3.05, 3.63) is 0 Å². The standard InChI is InChI=1S/C8H14O2.C4H5ClO.C4H10O.CH4/c1-8(2,3)10-7(9)6-4-5-6;5-4(6)3-1-2-3;1-3-5-4-2;/h6H,4-5H2,1-3H3;3H,1-2H2;3-4H2,1-2H3;1H4. The van der Waals surface area contributed by atoms with Crippen LogP contribution in [0.1, 0.15) is 67.7 Å². The van der Waals surface area contributed by atoms with Crippen molar-refractivity contribution >= 4 is 22.8 Å². The molecule has 0 bridgehead atoms. The molecule has 0 radical (unpaired) electrons. The maximum atomic E-state index is 11.0. The highest BCUT2D eigenvalue weighted by molar-refractivity contribution is 6.64. The van der Waals surface area contributed by atoms with Crippen molar-refractivity contribution in [2.45, 2.75) is 73.3 Å². The van der Waals surface area contributed by atoms with Gasteiger partial charge in [-0.15, -0.1) is 0 Å². The van der Waals surface area contributed by atoms with Crippen LogP contribution in [0.5, 0.6) is 0 Å². The molecule has 0 atom stereocenters. The van der Waals surface area contributed by atoms with E-state index in [4.69, 9.17) is 21.1 Å². The lowest BCUT2D eigenvalue weighted by Crippen LogP contribution is -2.24. The molecule has 2 aliphatic rings. The summed E-state index contributed by atoms with van der Waals surface area (Å²) in [6, 6.07) is 0. The minimum Gasteiger partial charge on any atom is -0.460 e. The van der Waals surface area contributed by atoms with E-state index in [0.717, 1.165) is 38.9 Å². The van der Waals surface area contributed by atoms with Gasteiger partial charge in [0, 0.05) is 19.1 Å². The van der Waals surface area contributed by atoms with E-state index in [1.54, 1.807) is 0 Å². The molecule has 22 heavy (non-hydrogen) atoms. The number of rotatable bonds is 4. The van der Waals surface area contributed by atoms with Crippen LogP contribution in [0.4, 0.5) is 0 Å². The van der Waals surface area contributed by atoms with Crippen LogP contribution in [0.25, 0.3) is 0 Å². The number of esters is 1. The van der Waals surface area contributed by atoms with Crippen molar-refractivity contribution in [1.82, 2.24) is 0 Å². The predicted octanol–water partition coefficient (Wildman–Crippen LogP) is 4.58. The number of hydrogen-bond donors (Lipinski definition) is 0. The van der Waals surface area contributed by atoms with E-state index >= 15 is 0 Å². The van der Waals surface area contributed by atoms with Crippen molar-refractivity contribution < 1.29 is 19.1 Å². The van der Waals surface area contributed by atoms with Crippen molar-refractivity contribution in [3.63, 3.8) is 0 Å². The van der Waals surface area contributed by atoms with Crippen molar-refractivity contribution in [2.24, 2.45) is 11.8 Å². The fourth-order valence-electron chi connectivity index (χ4n) is 1.22. The topological polar surface area (TPSA) is 52.6 Å². The van der Waals surface area contributed by atoms with E-state index in [1.807, 2.05) is 34.6 Å². The third kappa shape index (κ3) is 15.8. The summed E-state index contributed by atoms with van der Waals surface area (Å²) in [6.45, 7) is 11.4. The highest BCUT2D eigenvalue weighted by Gasteiger charge is 2.33. The minimum absolute atomic E-state index is 0. The van der Waals surface area contributed by atoms with Crippen LogP contribution in [-0.2, 0) is 19.1 Å². The molecule has 0 unspecified atom stereocenters. The number of halogens is 1. The molecule has 0 aliphatic heterocycles. The van der Waals surface area contributed by atoms with E-state index in [2.05, 4.69) is 0 Å². The summed E-state index contributed by atoms with van der Waals surface area (Å²) in [5.41, 5.74) is -0.306. The number of hydrogen-bond acceptors (Lipinski definition) is 4. The Morgan fingerprint density at radius 2 is 1.41 bits per heavy atom. The molecule has 4 nitrogen and oxygen atoms in total.